The highest BCUT2D eigenvalue weighted by Gasteiger charge is 2.45. The minimum atomic E-state index is -1.47. The Bertz CT molecular complexity index is 1310. The number of carbonyl (C=O) groups excluding carboxylic acids is 1. The van der Waals surface area contributed by atoms with Gasteiger partial charge in [-0.25, -0.2) is 9.98 Å². The minimum absolute atomic E-state index is 0.263. The third-order valence-electron chi connectivity index (χ3n) is 6.46. The summed E-state index contributed by atoms with van der Waals surface area (Å²) in [5.41, 5.74) is 1.67. The van der Waals surface area contributed by atoms with Crippen molar-refractivity contribution in [3.63, 3.8) is 0 Å². The van der Waals surface area contributed by atoms with Crippen LogP contribution in [0.5, 0.6) is 0 Å². The molecule has 0 radical (unpaired) electrons. The molecule has 174 valence electrons. The molecule has 4 heterocycles. The predicted molar refractivity (Wildman–Crippen MR) is 131 cm³/mol. The van der Waals surface area contributed by atoms with Gasteiger partial charge in [0, 0.05) is 49.4 Å². The molecule has 10 heteroatoms. The smallest absolute Gasteiger partial charge is 0.258 e. The number of likely N-dealkylation sites (tertiary alicyclic amines) is 1. The van der Waals surface area contributed by atoms with Gasteiger partial charge in [0.1, 0.15) is 5.01 Å². The Hall–Kier alpha value is -3.50. The summed E-state index contributed by atoms with van der Waals surface area (Å²) in [6, 6.07) is 9.98. The highest BCUT2D eigenvalue weighted by atomic mass is 32.1. The summed E-state index contributed by atoms with van der Waals surface area (Å²) in [7, 11) is 1.71. The molecule has 6 rings (SSSR count). The van der Waals surface area contributed by atoms with E-state index in [2.05, 4.69) is 20.7 Å². The second kappa shape index (κ2) is 8.07. The lowest BCUT2D eigenvalue weighted by Crippen LogP contribution is -2.36. The van der Waals surface area contributed by atoms with Gasteiger partial charge < -0.3 is 20.6 Å². The number of allylic oxidation sites excluding steroid dienone is 1. The summed E-state index contributed by atoms with van der Waals surface area (Å²) in [6.45, 7) is 0.540. The van der Waals surface area contributed by atoms with Crippen molar-refractivity contribution in [1.29, 1.82) is 0 Å². The first kappa shape index (κ1) is 21.1. The summed E-state index contributed by atoms with van der Waals surface area (Å²) in [5.74, 6) is 0.518. The Morgan fingerprint density at radius 1 is 1.29 bits per heavy atom. The first-order chi connectivity index (χ1) is 16.5. The van der Waals surface area contributed by atoms with Crippen LogP contribution in [-0.2, 0) is 10.4 Å². The average Bonchev–Trinajstić information content (AvgIpc) is 3.29. The quantitative estimate of drug-likeness (QED) is 0.506. The molecular formula is C24H25N7O2S. The number of hydrogen-bond donors (Lipinski definition) is 3. The highest BCUT2D eigenvalue weighted by Crippen LogP contribution is 2.36. The number of aromatic nitrogens is 3. The third kappa shape index (κ3) is 3.78. The van der Waals surface area contributed by atoms with E-state index in [0.29, 0.717) is 24.6 Å². The van der Waals surface area contributed by atoms with Gasteiger partial charge >= 0.3 is 0 Å². The molecule has 2 atom stereocenters. The molecule has 1 saturated carbocycles. The van der Waals surface area contributed by atoms with Crippen LogP contribution in [0.4, 0.5) is 5.82 Å². The lowest BCUT2D eigenvalue weighted by Gasteiger charge is -2.21. The maximum atomic E-state index is 12.5. The van der Waals surface area contributed by atoms with Crippen molar-refractivity contribution in [2.24, 2.45) is 4.99 Å². The Kier molecular flexibility index (Phi) is 5.00. The van der Waals surface area contributed by atoms with Gasteiger partial charge in [-0.1, -0.05) is 18.2 Å². The number of amides is 1. The van der Waals surface area contributed by atoms with Crippen LogP contribution >= 0.6 is 11.3 Å². The van der Waals surface area contributed by atoms with Gasteiger partial charge in [0.15, 0.2) is 17.7 Å². The number of aliphatic hydroxyl groups is 1. The maximum Gasteiger partial charge on any atom is 0.258 e. The Morgan fingerprint density at radius 3 is 2.97 bits per heavy atom. The van der Waals surface area contributed by atoms with Crippen molar-refractivity contribution in [2.75, 3.05) is 18.9 Å². The summed E-state index contributed by atoms with van der Waals surface area (Å²) in [5, 5.41) is 25.1. The predicted octanol–water partition coefficient (Wildman–Crippen LogP) is 2.80. The van der Waals surface area contributed by atoms with E-state index in [1.165, 1.54) is 24.2 Å². The SMILES string of the molecule is CN1CC[C@@](O)(c2cccc(-c3nc(C4=CC=NC(Nc5ccn(C6CC6)n5)N4)cs3)c2)C1=O. The molecule has 1 unspecified atom stereocenters. The number of hydrogen-bond acceptors (Lipinski definition) is 8. The number of likely N-dealkylation sites (N-methyl/N-ethyl adjacent to an activating group) is 1. The zero-order chi connectivity index (χ0) is 23.3. The van der Waals surface area contributed by atoms with Crippen LogP contribution in [0.3, 0.4) is 0 Å². The second-order valence-electron chi connectivity index (χ2n) is 8.94. The molecule has 1 aliphatic carbocycles. The van der Waals surface area contributed by atoms with Gasteiger partial charge in [0.2, 0.25) is 0 Å². The number of aliphatic imine (C=N–C) groups is 1. The Labute approximate surface area is 200 Å². The van der Waals surface area contributed by atoms with Crippen LogP contribution < -0.4 is 10.6 Å². The second-order valence-corrected chi connectivity index (χ2v) is 9.80. The zero-order valence-electron chi connectivity index (χ0n) is 18.7. The molecule has 3 aromatic rings. The van der Waals surface area contributed by atoms with E-state index >= 15 is 0 Å². The van der Waals surface area contributed by atoms with E-state index in [4.69, 9.17) is 4.98 Å². The molecule has 1 amide bonds. The maximum absolute atomic E-state index is 12.5. The van der Waals surface area contributed by atoms with Gasteiger partial charge in [-0.05, 0) is 30.5 Å². The number of rotatable bonds is 6. The van der Waals surface area contributed by atoms with Crippen molar-refractivity contribution in [1.82, 2.24) is 25.0 Å². The van der Waals surface area contributed by atoms with Crippen LogP contribution in [0.2, 0.25) is 0 Å². The van der Waals surface area contributed by atoms with E-state index in [1.807, 2.05) is 46.6 Å². The first-order valence-corrected chi connectivity index (χ1v) is 12.2. The van der Waals surface area contributed by atoms with Gasteiger partial charge in [-0.3, -0.25) is 9.48 Å². The first-order valence-electron chi connectivity index (χ1n) is 11.4. The van der Waals surface area contributed by atoms with E-state index in [-0.39, 0.29) is 12.2 Å². The van der Waals surface area contributed by atoms with Gasteiger partial charge in [-0.15, -0.1) is 11.3 Å². The number of thiazole rings is 1. The summed E-state index contributed by atoms with van der Waals surface area (Å²) >= 11 is 1.52. The highest BCUT2D eigenvalue weighted by molar-refractivity contribution is 7.13. The van der Waals surface area contributed by atoms with Crippen LogP contribution in [0.1, 0.15) is 36.6 Å². The molecule has 2 aliphatic heterocycles. The lowest BCUT2D eigenvalue weighted by molar-refractivity contribution is -0.143. The van der Waals surface area contributed by atoms with Gasteiger partial charge in [-0.2, -0.15) is 5.10 Å². The Morgan fingerprint density at radius 2 is 2.18 bits per heavy atom. The summed E-state index contributed by atoms with van der Waals surface area (Å²) in [4.78, 5) is 23.3. The normalized spacial score (nSPS) is 24.3. The van der Waals surface area contributed by atoms with Gasteiger partial charge in [0.25, 0.3) is 5.91 Å². The molecule has 2 fully saturated rings. The van der Waals surface area contributed by atoms with Crippen LogP contribution in [0.15, 0.2) is 53.0 Å². The molecule has 1 saturated heterocycles. The van der Waals surface area contributed by atoms with Crippen molar-refractivity contribution >= 4 is 35.0 Å². The summed E-state index contributed by atoms with van der Waals surface area (Å²) in [6.07, 6.45) is 8.09. The minimum Gasteiger partial charge on any atom is -0.375 e. The molecule has 2 aromatic heterocycles. The lowest BCUT2D eigenvalue weighted by atomic mass is 9.91. The van der Waals surface area contributed by atoms with Crippen LogP contribution in [0, 0.1) is 0 Å². The molecule has 1 aromatic carbocycles. The van der Waals surface area contributed by atoms with E-state index in [0.717, 1.165) is 27.8 Å². The van der Waals surface area contributed by atoms with E-state index in [9.17, 15) is 9.90 Å². The Balaban J connectivity index is 1.18. The van der Waals surface area contributed by atoms with E-state index in [1.54, 1.807) is 24.2 Å². The van der Waals surface area contributed by atoms with Crippen LogP contribution in [0.25, 0.3) is 16.3 Å². The standard InChI is InChI=1S/C24H25N7O2S/c1-30-12-9-24(33,22(30)32)16-4-2-3-15(13-16)21-26-19(14-34-21)18-7-10-25-23(27-18)28-20-8-11-31(29-20)17-5-6-17/h2-4,7-8,10-11,13-14,17,23,27,33H,5-6,9,12H2,1H3,(H,28,29)/t23?,24-/m1/s1. The van der Waals surface area contributed by atoms with Crippen molar-refractivity contribution in [3.05, 3.63) is 59.2 Å². The fourth-order valence-electron chi connectivity index (χ4n) is 4.33. The number of nitrogens with one attached hydrogen (secondary N) is 2. The topological polar surface area (TPSA) is 108 Å². The molecule has 3 aliphatic rings. The zero-order valence-corrected chi connectivity index (χ0v) is 19.5. The molecule has 9 nitrogen and oxygen atoms in total. The van der Waals surface area contributed by atoms with E-state index < -0.39 is 5.60 Å². The molecule has 34 heavy (non-hydrogen) atoms. The third-order valence-corrected chi connectivity index (χ3v) is 7.35. The fraction of sp³-hybridized carbons (Fsp3) is 0.333. The van der Waals surface area contributed by atoms with Crippen molar-refractivity contribution < 1.29 is 9.90 Å². The number of carbonyl (C=O) groups is 1. The number of nitrogens with zero attached hydrogens (tertiary/aromatic N) is 5. The van der Waals surface area contributed by atoms with Crippen LogP contribution in [-0.4, -0.2) is 56.8 Å². The molecule has 0 bridgehead atoms. The number of anilines is 1. The fourth-order valence-corrected chi connectivity index (χ4v) is 5.14. The largest absolute Gasteiger partial charge is 0.375 e. The molecular weight excluding hydrogens is 450 g/mol. The van der Waals surface area contributed by atoms with Crippen molar-refractivity contribution in [2.45, 2.75) is 37.2 Å². The molecule has 3 N–H and O–H groups in total. The monoisotopic (exact) mass is 475 g/mol. The summed E-state index contributed by atoms with van der Waals surface area (Å²) < 4.78 is 2.00. The van der Waals surface area contributed by atoms with Gasteiger partial charge in [0.05, 0.1) is 17.4 Å². The number of benzene rings is 1. The van der Waals surface area contributed by atoms with Crippen molar-refractivity contribution in [3.8, 4) is 10.6 Å². The average molecular weight is 476 g/mol. The molecule has 0 spiro atoms.